The zero-order valence-electron chi connectivity index (χ0n) is 18.8. The molecule has 0 spiro atoms. The second kappa shape index (κ2) is 8.95. The van der Waals surface area contributed by atoms with E-state index >= 15 is 0 Å². The number of nitriles is 1. The van der Waals surface area contributed by atoms with Crippen LogP contribution >= 0.6 is 11.3 Å². The first-order valence-electron chi connectivity index (χ1n) is 11.1. The number of primary amides is 1. The Morgan fingerprint density at radius 1 is 1.29 bits per heavy atom. The Morgan fingerprint density at radius 3 is 2.76 bits per heavy atom. The first-order chi connectivity index (χ1) is 16.5. The molecule has 3 aromatic heterocycles. The maximum atomic E-state index is 12.0. The van der Waals surface area contributed by atoms with Crippen LogP contribution in [0.5, 0.6) is 0 Å². The minimum absolute atomic E-state index is 0.218. The van der Waals surface area contributed by atoms with E-state index in [0.29, 0.717) is 45.0 Å². The van der Waals surface area contributed by atoms with Gasteiger partial charge in [0.2, 0.25) is 0 Å². The number of carbonyl (C=O) groups excluding carboxylic acids is 1. The number of furan rings is 1. The molecule has 0 atom stereocenters. The largest absolute Gasteiger partial charge is 0.456 e. The summed E-state index contributed by atoms with van der Waals surface area (Å²) in [6, 6.07) is 11.8. The number of hydrogen-bond donors (Lipinski definition) is 3. The number of nitrogens with zero attached hydrogens (tertiary/aromatic N) is 4. The number of nitrogens with two attached hydrogens (primary N) is 2. The highest BCUT2D eigenvalue weighted by Crippen LogP contribution is 2.44. The number of nitrogens with one attached hydrogen (secondary N) is 1. The molecule has 4 aromatic rings. The molecule has 1 aromatic carbocycles. The number of nitrogen functional groups attached to an aromatic ring is 1. The molecule has 5 rings (SSSR count). The van der Waals surface area contributed by atoms with Gasteiger partial charge in [-0.1, -0.05) is 18.2 Å². The van der Waals surface area contributed by atoms with E-state index in [1.165, 1.54) is 0 Å². The van der Waals surface area contributed by atoms with Crippen molar-refractivity contribution in [1.82, 2.24) is 14.8 Å². The number of benzene rings is 1. The molecule has 174 valence electrons. The summed E-state index contributed by atoms with van der Waals surface area (Å²) >= 11 is 1.13. The summed E-state index contributed by atoms with van der Waals surface area (Å²) in [6.07, 6.45) is 0. The molecule has 10 heteroatoms. The van der Waals surface area contributed by atoms with Gasteiger partial charge in [0.1, 0.15) is 38.5 Å². The van der Waals surface area contributed by atoms with Gasteiger partial charge in [0, 0.05) is 50.0 Å². The van der Waals surface area contributed by atoms with Gasteiger partial charge in [-0.15, -0.1) is 11.3 Å². The van der Waals surface area contributed by atoms with Gasteiger partial charge < -0.3 is 26.1 Å². The van der Waals surface area contributed by atoms with Crippen LogP contribution in [-0.2, 0) is 0 Å². The van der Waals surface area contributed by atoms with Crippen molar-refractivity contribution in [3.05, 3.63) is 40.8 Å². The number of pyridine rings is 1. The second-order valence-corrected chi connectivity index (χ2v) is 9.43. The summed E-state index contributed by atoms with van der Waals surface area (Å²) in [5.41, 5.74) is 13.7. The molecule has 5 N–H and O–H groups in total. The van der Waals surface area contributed by atoms with Gasteiger partial charge in [0.05, 0.1) is 11.3 Å². The smallest absolute Gasteiger partial charge is 0.260 e. The van der Waals surface area contributed by atoms with E-state index in [4.69, 9.17) is 15.9 Å². The molecule has 0 aliphatic carbocycles. The highest BCUT2D eigenvalue weighted by atomic mass is 32.1. The first-order valence-corrected chi connectivity index (χ1v) is 11.9. The number of rotatable bonds is 6. The third-order valence-electron chi connectivity index (χ3n) is 6.20. The lowest BCUT2D eigenvalue weighted by Crippen LogP contribution is -2.45. The van der Waals surface area contributed by atoms with Gasteiger partial charge in [0.15, 0.2) is 0 Å². The van der Waals surface area contributed by atoms with Crippen LogP contribution in [0.4, 0.5) is 11.5 Å². The number of thiophene rings is 1. The van der Waals surface area contributed by atoms with Crippen LogP contribution in [-0.4, -0.2) is 67.0 Å². The molecule has 9 nitrogen and oxygen atoms in total. The molecule has 0 radical (unpaired) electrons. The monoisotopic (exact) mass is 475 g/mol. The lowest BCUT2D eigenvalue weighted by Gasteiger charge is -2.32. The molecule has 1 amide bonds. The van der Waals surface area contributed by atoms with Crippen molar-refractivity contribution >= 4 is 49.9 Å². The van der Waals surface area contributed by atoms with E-state index in [1.54, 1.807) is 0 Å². The molecule has 0 bridgehead atoms. The van der Waals surface area contributed by atoms with E-state index in [-0.39, 0.29) is 10.6 Å². The van der Waals surface area contributed by atoms with Crippen LogP contribution in [0.15, 0.2) is 34.7 Å². The molecule has 1 fully saturated rings. The van der Waals surface area contributed by atoms with Crippen molar-refractivity contribution in [3.63, 3.8) is 0 Å². The van der Waals surface area contributed by atoms with Crippen molar-refractivity contribution < 1.29 is 9.21 Å². The van der Waals surface area contributed by atoms with Crippen molar-refractivity contribution in [1.29, 1.82) is 5.26 Å². The van der Waals surface area contributed by atoms with E-state index in [0.717, 1.165) is 49.4 Å². The van der Waals surface area contributed by atoms with Crippen LogP contribution in [0.1, 0.15) is 15.2 Å². The number of amides is 1. The Labute approximate surface area is 200 Å². The molecule has 4 heterocycles. The summed E-state index contributed by atoms with van der Waals surface area (Å²) < 4.78 is 6.11. The molecule has 1 aliphatic heterocycles. The van der Waals surface area contributed by atoms with Gasteiger partial charge in [0.25, 0.3) is 5.91 Å². The minimum Gasteiger partial charge on any atom is -0.456 e. The number of hydrogen-bond acceptors (Lipinski definition) is 9. The molecule has 1 saturated heterocycles. The van der Waals surface area contributed by atoms with Gasteiger partial charge >= 0.3 is 0 Å². The first kappa shape index (κ1) is 22.2. The number of para-hydroxylation sites is 1. The Balaban J connectivity index is 1.59. The number of piperazine rings is 1. The number of aromatic nitrogens is 1. The van der Waals surface area contributed by atoms with Gasteiger partial charge in [-0.25, -0.2) is 4.98 Å². The summed E-state index contributed by atoms with van der Waals surface area (Å²) in [7, 11) is 2.13. The number of fused-ring (bicyclic) bond motifs is 2. The average molecular weight is 476 g/mol. The maximum absolute atomic E-state index is 12.0. The van der Waals surface area contributed by atoms with Crippen molar-refractivity contribution in [2.75, 3.05) is 57.4 Å². The average Bonchev–Trinajstić information content (AvgIpc) is 3.40. The topological polar surface area (TPSA) is 137 Å². The second-order valence-electron chi connectivity index (χ2n) is 8.43. The summed E-state index contributed by atoms with van der Waals surface area (Å²) in [4.78, 5) is 22.1. The fraction of sp³-hybridized carbons (Fsp3) is 0.292. The molecular weight excluding hydrogens is 450 g/mol. The van der Waals surface area contributed by atoms with E-state index in [9.17, 15) is 10.1 Å². The summed E-state index contributed by atoms with van der Waals surface area (Å²) in [6.45, 7) is 5.53. The predicted octanol–water partition coefficient (Wildman–Crippen LogP) is 2.92. The third-order valence-corrected chi connectivity index (χ3v) is 7.31. The van der Waals surface area contributed by atoms with Gasteiger partial charge in [-0.3, -0.25) is 9.69 Å². The van der Waals surface area contributed by atoms with Crippen molar-refractivity contribution in [3.8, 4) is 17.4 Å². The standard InChI is InChI=1S/C24H25N7O2S/c1-30-8-10-31(11-9-30)7-6-28-23-15(13-25)18(17-12-14-4-2-3-5-16(14)33-17)19-20(26)21(22(27)32)34-24(19)29-23/h2-5,12H,6-11,26H2,1H3,(H2,27,32)(H,28,29). The maximum Gasteiger partial charge on any atom is 0.260 e. The van der Waals surface area contributed by atoms with Crippen LogP contribution < -0.4 is 16.8 Å². The summed E-state index contributed by atoms with van der Waals surface area (Å²) in [5.74, 6) is 0.309. The van der Waals surface area contributed by atoms with Gasteiger partial charge in [-0.05, 0) is 19.2 Å². The summed E-state index contributed by atoms with van der Waals surface area (Å²) in [5, 5.41) is 14.9. The minimum atomic E-state index is -0.626. The van der Waals surface area contributed by atoms with E-state index < -0.39 is 5.91 Å². The lowest BCUT2D eigenvalue weighted by atomic mass is 10.0. The molecule has 0 unspecified atom stereocenters. The normalized spacial score (nSPS) is 15.1. The molecule has 1 aliphatic rings. The zero-order chi connectivity index (χ0) is 23.8. The Morgan fingerprint density at radius 2 is 2.06 bits per heavy atom. The Kier molecular flexibility index (Phi) is 5.83. The van der Waals surface area contributed by atoms with Crippen molar-refractivity contribution in [2.45, 2.75) is 0 Å². The van der Waals surface area contributed by atoms with Crippen LogP contribution in [0, 0.1) is 11.3 Å². The Bertz CT molecular complexity index is 1390. The quantitative estimate of drug-likeness (QED) is 0.387. The third kappa shape index (κ3) is 3.94. The van der Waals surface area contributed by atoms with E-state index in [1.807, 2.05) is 30.3 Å². The number of carbonyl (C=O) groups is 1. The number of anilines is 2. The molecule has 0 saturated carbocycles. The zero-order valence-corrected chi connectivity index (χ0v) is 19.6. The SMILES string of the molecule is CN1CCN(CCNc2nc3sc(C(N)=O)c(N)c3c(-c3cc4ccccc4o3)c2C#N)CC1. The Hall–Kier alpha value is -3.65. The lowest BCUT2D eigenvalue weighted by molar-refractivity contribution is 0.100. The highest BCUT2D eigenvalue weighted by molar-refractivity contribution is 7.21. The highest BCUT2D eigenvalue weighted by Gasteiger charge is 2.26. The fourth-order valence-corrected chi connectivity index (χ4v) is 5.28. The molecule has 34 heavy (non-hydrogen) atoms. The molecular formula is C24H25N7O2S. The van der Waals surface area contributed by atoms with Crippen LogP contribution in [0.2, 0.25) is 0 Å². The van der Waals surface area contributed by atoms with Crippen LogP contribution in [0.3, 0.4) is 0 Å². The number of likely N-dealkylation sites (N-methyl/N-ethyl adjacent to an activating group) is 1. The van der Waals surface area contributed by atoms with Crippen LogP contribution in [0.25, 0.3) is 32.5 Å². The van der Waals surface area contributed by atoms with Gasteiger partial charge in [-0.2, -0.15) is 5.26 Å². The predicted molar refractivity (Wildman–Crippen MR) is 135 cm³/mol. The van der Waals surface area contributed by atoms with Crippen molar-refractivity contribution in [2.24, 2.45) is 5.73 Å². The van der Waals surface area contributed by atoms with E-state index in [2.05, 4.69) is 33.2 Å². The fourth-order valence-electron chi connectivity index (χ4n) is 4.33.